The lowest BCUT2D eigenvalue weighted by Gasteiger charge is -2.22. The number of methoxy groups -OCH3 is 1. The molecule has 0 aromatic carbocycles. The quantitative estimate of drug-likeness (QED) is 0.218. The second-order valence-electron chi connectivity index (χ2n) is 7.20. The van der Waals surface area contributed by atoms with Crippen molar-refractivity contribution in [1.29, 1.82) is 0 Å². The molecular weight excluding hydrogens is 348 g/mol. The fourth-order valence-electron chi connectivity index (χ4n) is 2.45. The molecule has 1 unspecified atom stereocenters. The third kappa shape index (κ3) is 15.0. The van der Waals surface area contributed by atoms with E-state index in [0.29, 0.717) is 6.42 Å². The molecule has 0 aliphatic heterocycles. The predicted octanol–water partition coefficient (Wildman–Crippen LogP) is 6.24. The highest BCUT2D eigenvalue weighted by Gasteiger charge is 2.30. The van der Waals surface area contributed by atoms with Gasteiger partial charge in [-0.15, -0.1) is 0 Å². The molecule has 0 aromatic heterocycles. The van der Waals surface area contributed by atoms with Crippen LogP contribution >= 0.6 is 0 Å². The molecule has 156 valence electrons. The van der Waals surface area contributed by atoms with Crippen molar-refractivity contribution in [2.75, 3.05) is 7.11 Å². The highest BCUT2D eigenvalue weighted by molar-refractivity contribution is 5.75. The Morgan fingerprint density at radius 3 is 1.79 bits per heavy atom. The Balaban J connectivity index is 3.91. The molecule has 0 aromatic rings. The summed E-state index contributed by atoms with van der Waals surface area (Å²) in [5, 5.41) is 9.99. The predicted molar refractivity (Wildman–Crippen MR) is 120 cm³/mol. The minimum absolute atomic E-state index is 0.310. The molecular formula is C25H38O3. The first-order valence-electron chi connectivity index (χ1n) is 10.1. The molecule has 0 rings (SSSR count). The summed E-state index contributed by atoms with van der Waals surface area (Å²) in [5.74, 6) is -0.310. The van der Waals surface area contributed by atoms with Gasteiger partial charge in [-0.05, 0) is 52.4 Å². The standard InChI is InChI=1S/C25H38O3/c1-5-6-7-8-9-10-11-12-13-14-15-16-17-18-19-20-21-23(26)22-25(2,3)24(27)28-4/h6-7,9-10,12-13,15-16,18-21,23,26H,5,8,11,14,17,22H2,1-4H3/b7-6-,10-9-,13-12-,16-15-,19-18-,21-20-. The molecule has 3 heteroatoms. The maximum atomic E-state index is 11.6. The number of ether oxygens (including phenoxy) is 1. The van der Waals surface area contributed by atoms with E-state index in [1.165, 1.54) is 7.11 Å². The van der Waals surface area contributed by atoms with Gasteiger partial charge in [-0.3, -0.25) is 4.79 Å². The summed E-state index contributed by atoms with van der Waals surface area (Å²) in [6.07, 6.45) is 29.4. The van der Waals surface area contributed by atoms with Gasteiger partial charge in [0.1, 0.15) is 0 Å². The lowest BCUT2D eigenvalue weighted by Crippen LogP contribution is -2.29. The molecule has 1 N–H and O–H groups in total. The van der Waals surface area contributed by atoms with Gasteiger partial charge in [0.2, 0.25) is 0 Å². The zero-order valence-electron chi connectivity index (χ0n) is 18.0. The van der Waals surface area contributed by atoms with Gasteiger partial charge in [-0.25, -0.2) is 0 Å². The fourth-order valence-corrected chi connectivity index (χ4v) is 2.45. The fraction of sp³-hybridized carbons (Fsp3) is 0.480. The van der Waals surface area contributed by atoms with Crippen molar-refractivity contribution in [2.24, 2.45) is 5.41 Å². The van der Waals surface area contributed by atoms with Gasteiger partial charge >= 0.3 is 5.97 Å². The number of allylic oxidation sites excluding steroid dienone is 11. The number of hydrogen-bond acceptors (Lipinski definition) is 3. The van der Waals surface area contributed by atoms with E-state index in [0.717, 1.165) is 32.1 Å². The van der Waals surface area contributed by atoms with Crippen LogP contribution in [0.4, 0.5) is 0 Å². The number of hydrogen-bond donors (Lipinski definition) is 1. The number of carbonyl (C=O) groups is 1. The van der Waals surface area contributed by atoms with Gasteiger partial charge in [0.25, 0.3) is 0 Å². The van der Waals surface area contributed by atoms with Crippen LogP contribution < -0.4 is 0 Å². The van der Waals surface area contributed by atoms with Crippen LogP contribution in [0.15, 0.2) is 72.9 Å². The maximum Gasteiger partial charge on any atom is 0.311 e. The van der Waals surface area contributed by atoms with Crippen LogP contribution in [0.5, 0.6) is 0 Å². The van der Waals surface area contributed by atoms with Crippen molar-refractivity contribution in [1.82, 2.24) is 0 Å². The van der Waals surface area contributed by atoms with Gasteiger partial charge in [0.05, 0.1) is 18.6 Å². The zero-order valence-corrected chi connectivity index (χ0v) is 18.0. The van der Waals surface area contributed by atoms with E-state index >= 15 is 0 Å². The van der Waals surface area contributed by atoms with E-state index in [4.69, 9.17) is 4.74 Å². The lowest BCUT2D eigenvalue weighted by atomic mass is 9.86. The summed E-state index contributed by atoms with van der Waals surface area (Å²) in [6, 6.07) is 0. The van der Waals surface area contributed by atoms with Crippen molar-refractivity contribution < 1.29 is 14.6 Å². The second kappa shape index (κ2) is 17.0. The van der Waals surface area contributed by atoms with Crippen molar-refractivity contribution in [3.8, 4) is 0 Å². The highest BCUT2D eigenvalue weighted by Crippen LogP contribution is 2.24. The topological polar surface area (TPSA) is 46.5 Å². The van der Waals surface area contributed by atoms with Crippen molar-refractivity contribution in [2.45, 2.75) is 65.4 Å². The van der Waals surface area contributed by atoms with E-state index in [2.05, 4.69) is 55.5 Å². The van der Waals surface area contributed by atoms with Crippen LogP contribution in [-0.4, -0.2) is 24.3 Å². The molecule has 1 atom stereocenters. The molecule has 0 aliphatic rings. The van der Waals surface area contributed by atoms with Crippen LogP contribution in [-0.2, 0) is 9.53 Å². The van der Waals surface area contributed by atoms with Crippen molar-refractivity contribution in [3.05, 3.63) is 72.9 Å². The Hall–Kier alpha value is -2.13. The van der Waals surface area contributed by atoms with E-state index < -0.39 is 11.5 Å². The molecule has 0 saturated heterocycles. The van der Waals surface area contributed by atoms with Crippen LogP contribution in [0.25, 0.3) is 0 Å². The Kier molecular flexibility index (Phi) is 15.7. The summed E-state index contributed by atoms with van der Waals surface area (Å²) in [6.45, 7) is 5.68. The first-order valence-corrected chi connectivity index (χ1v) is 10.1. The molecule has 28 heavy (non-hydrogen) atoms. The molecule has 0 aliphatic carbocycles. The molecule has 0 heterocycles. The summed E-state index contributed by atoms with van der Waals surface area (Å²) in [5.41, 5.74) is -0.694. The van der Waals surface area contributed by atoms with Crippen LogP contribution in [0.1, 0.15) is 59.3 Å². The average Bonchev–Trinajstić information content (AvgIpc) is 2.66. The zero-order chi connectivity index (χ0) is 21.1. The van der Waals surface area contributed by atoms with Crippen molar-refractivity contribution >= 4 is 5.97 Å². The van der Waals surface area contributed by atoms with Gasteiger partial charge in [0.15, 0.2) is 0 Å². The number of aliphatic hydroxyl groups is 1. The Morgan fingerprint density at radius 2 is 1.32 bits per heavy atom. The minimum Gasteiger partial charge on any atom is -0.469 e. The van der Waals surface area contributed by atoms with Gasteiger partial charge in [0, 0.05) is 0 Å². The summed E-state index contributed by atoms with van der Waals surface area (Å²) >= 11 is 0. The van der Waals surface area contributed by atoms with E-state index in [-0.39, 0.29) is 5.97 Å². The normalized spacial score (nSPS) is 14.6. The van der Waals surface area contributed by atoms with Crippen molar-refractivity contribution in [3.63, 3.8) is 0 Å². The lowest BCUT2D eigenvalue weighted by molar-refractivity contribution is -0.152. The van der Waals surface area contributed by atoms with Crippen LogP contribution in [0.3, 0.4) is 0 Å². The highest BCUT2D eigenvalue weighted by atomic mass is 16.5. The number of esters is 1. The minimum atomic E-state index is -0.694. The van der Waals surface area contributed by atoms with E-state index in [1.54, 1.807) is 19.9 Å². The molecule has 0 radical (unpaired) electrons. The van der Waals surface area contributed by atoms with E-state index in [1.807, 2.05) is 18.2 Å². The Labute approximate surface area is 171 Å². The third-order valence-electron chi connectivity index (χ3n) is 4.03. The van der Waals surface area contributed by atoms with Gasteiger partial charge in [-0.2, -0.15) is 0 Å². The second-order valence-corrected chi connectivity index (χ2v) is 7.20. The van der Waals surface area contributed by atoms with Crippen LogP contribution in [0, 0.1) is 5.41 Å². The largest absolute Gasteiger partial charge is 0.469 e. The molecule has 0 amide bonds. The SMILES string of the molecule is CC/C=C\C/C=C\C/C=C\C/C=C\C/C=C\C=C/C(O)CC(C)(C)C(=O)OC. The molecule has 0 spiro atoms. The van der Waals surface area contributed by atoms with Gasteiger partial charge in [-0.1, -0.05) is 79.8 Å². The molecule has 0 fully saturated rings. The Morgan fingerprint density at radius 1 is 0.857 bits per heavy atom. The third-order valence-corrected chi connectivity index (χ3v) is 4.03. The number of carbonyl (C=O) groups excluding carboxylic acids is 1. The summed E-state index contributed by atoms with van der Waals surface area (Å²) in [7, 11) is 1.36. The molecule has 0 bridgehead atoms. The monoisotopic (exact) mass is 386 g/mol. The first kappa shape index (κ1) is 25.9. The smallest absolute Gasteiger partial charge is 0.311 e. The van der Waals surface area contributed by atoms with Gasteiger partial charge < -0.3 is 9.84 Å². The first-order chi connectivity index (χ1) is 13.4. The molecule has 3 nitrogen and oxygen atoms in total. The number of rotatable bonds is 14. The Bertz CT molecular complexity index is 575. The summed E-state index contributed by atoms with van der Waals surface area (Å²) < 4.78 is 4.74. The number of aliphatic hydroxyl groups excluding tert-OH is 1. The maximum absolute atomic E-state index is 11.6. The van der Waals surface area contributed by atoms with E-state index in [9.17, 15) is 9.90 Å². The molecule has 0 saturated carbocycles. The average molecular weight is 387 g/mol. The summed E-state index contributed by atoms with van der Waals surface area (Å²) in [4.78, 5) is 11.6. The van der Waals surface area contributed by atoms with Crippen LogP contribution in [0.2, 0.25) is 0 Å².